The van der Waals surface area contributed by atoms with E-state index in [1.54, 1.807) is 20.2 Å². The van der Waals surface area contributed by atoms with Gasteiger partial charge in [0.25, 0.3) is 0 Å². The second-order valence-electron chi connectivity index (χ2n) is 9.58. The summed E-state index contributed by atoms with van der Waals surface area (Å²) in [6, 6.07) is 11.7. The lowest BCUT2D eigenvalue weighted by Gasteiger charge is -2.46. The van der Waals surface area contributed by atoms with E-state index in [4.69, 9.17) is 10.5 Å². The van der Waals surface area contributed by atoms with Crippen molar-refractivity contribution in [2.45, 2.75) is 50.0 Å². The molecule has 8 heteroatoms. The first-order valence-corrected chi connectivity index (χ1v) is 11.4. The molecule has 2 aromatic carbocycles. The number of hydrogen-bond donors (Lipinski definition) is 1. The summed E-state index contributed by atoms with van der Waals surface area (Å²) in [5, 5.41) is 0. The summed E-state index contributed by atoms with van der Waals surface area (Å²) < 4.78 is 47.9. The Morgan fingerprint density at radius 2 is 1.79 bits per heavy atom. The number of nitrogens with two attached hydrogens (primary N) is 1. The second kappa shape index (κ2) is 7.77. The van der Waals surface area contributed by atoms with Gasteiger partial charge in [-0.25, -0.2) is 0 Å². The summed E-state index contributed by atoms with van der Waals surface area (Å²) in [6.07, 6.45) is 1.44. The Morgan fingerprint density at radius 3 is 2.41 bits per heavy atom. The molecule has 1 unspecified atom stereocenters. The van der Waals surface area contributed by atoms with Crippen molar-refractivity contribution in [2.75, 3.05) is 14.2 Å². The third kappa shape index (κ3) is 3.38. The van der Waals surface area contributed by atoms with Crippen molar-refractivity contribution in [3.63, 3.8) is 0 Å². The van der Waals surface area contributed by atoms with Gasteiger partial charge in [0.2, 0.25) is 5.91 Å². The highest BCUT2D eigenvalue weighted by atomic mass is 19.4. The van der Waals surface area contributed by atoms with Crippen LogP contribution in [0.15, 0.2) is 54.4 Å². The van der Waals surface area contributed by atoms with Gasteiger partial charge < -0.3 is 20.1 Å². The van der Waals surface area contributed by atoms with E-state index in [0.717, 1.165) is 48.8 Å². The minimum atomic E-state index is -4.77. The molecule has 2 aromatic rings. The van der Waals surface area contributed by atoms with E-state index >= 15 is 0 Å². The maximum atomic E-state index is 13.8. The Morgan fingerprint density at radius 1 is 1.09 bits per heavy atom. The molecule has 0 aromatic heterocycles. The number of fused-ring (bicyclic) bond motifs is 3. The molecule has 2 spiro atoms. The molecule has 5 nitrogen and oxygen atoms in total. The highest BCUT2D eigenvalue weighted by Gasteiger charge is 2.64. The van der Waals surface area contributed by atoms with Gasteiger partial charge in [-0.3, -0.25) is 4.79 Å². The zero-order valence-electron chi connectivity index (χ0n) is 19.1. The van der Waals surface area contributed by atoms with Crippen LogP contribution in [0.25, 0.3) is 11.1 Å². The normalized spacial score (nSPS) is 28.5. The van der Waals surface area contributed by atoms with Gasteiger partial charge in [-0.1, -0.05) is 24.3 Å². The average molecular weight is 473 g/mol. The summed E-state index contributed by atoms with van der Waals surface area (Å²) in [7, 11) is 3.41. The van der Waals surface area contributed by atoms with Crippen LogP contribution < -0.4 is 10.5 Å². The van der Waals surface area contributed by atoms with E-state index in [9.17, 15) is 18.0 Å². The van der Waals surface area contributed by atoms with E-state index in [0.29, 0.717) is 11.4 Å². The van der Waals surface area contributed by atoms with Crippen LogP contribution in [-0.2, 0) is 21.4 Å². The smallest absolute Gasteiger partial charge is 0.406 e. The Kier molecular flexibility index (Phi) is 5.20. The van der Waals surface area contributed by atoms with Gasteiger partial charge in [-0.15, -0.1) is 13.2 Å². The summed E-state index contributed by atoms with van der Waals surface area (Å²) in [4.78, 5) is 15.3. The summed E-state index contributed by atoms with van der Waals surface area (Å²) in [5.41, 5.74) is 8.34. The Hall–Kier alpha value is -3.00. The second-order valence-corrected chi connectivity index (χ2v) is 9.58. The van der Waals surface area contributed by atoms with E-state index < -0.39 is 11.8 Å². The lowest BCUT2D eigenvalue weighted by atomic mass is 9.57. The minimum absolute atomic E-state index is 0.0501. The van der Waals surface area contributed by atoms with Crippen LogP contribution in [-0.4, -0.2) is 37.4 Å². The minimum Gasteiger partial charge on any atom is -0.406 e. The molecule has 0 radical (unpaired) electrons. The lowest BCUT2D eigenvalue weighted by Crippen LogP contribution is -2.51. The number of halogens is 3. The molecule has 34 heavy (non-hydrogen) atoms. The van der Waals surface area contributed by atoms with Gasteiger partial charge in [0.05, 0.1) is 6.10 Å². The molecule has 2 aliphatic carbocycles. The molecular weight excluding hydrogens is 445 g/mol. The van der Waals surface area contributed by atoms with Gasteiger partial charge in [0.15, 0.2) is 0 Å². The molecule has 1 atom stereocenters. The maximum absolute atomic E-state index is 13.8. The van der Waals surface area contributed by atoms with Crippen LogP contribution in [0.4, 0.5) is 13.2 Å². The molecule has 1 aliphatic heterocycles. The average Bonchev–Trinajstić information content (AvgIpc) is 3.19. The van der Waals surface area contributed by atoms with Crippen molar-refractivity contribution in [1.82, 2.24) is 4.90 Å². The third-order valence-corrected chi connectivity index (χ3v) is 7.92. The van der Waals surface area contributed by atoms with Crippen LogP contribution in [0.5, 0.6) is 5.75 Å². The Bertz CT molecular complexity index is 1170. The quantitative estimate of drug-likeness (QED) is 0.691. The highest BCUT2D eigenvalue weighted by molar-refractivity contribution is 5.97. The van der Waals surface area contributed by atoms with Crippen LogP contribution in [0.2, 0.25) is 0 Å². The van der Waals surface area contributed by atoms with Crippen LogP contribution in [0.1, 0.15) is 36.8 Å². The topological polar surface area (TPSA) is 64.8 Å². The molecule has 1 amide bonds. The van der Waals surface area contributed by atoms with Crippen LogP contribution >= 0.6 is 0 Å². The standard InChI is InChI=1S/C26H27F3N2O3/c1-31-22(30)15-25(23(31)32)21-13-17(16-4-3-5-20(12-16)34-26(27,28)29)6-7-18(21)14-24(25)10-8-19(33-2)9-11-24/h3-7,12-13,15,19H,8-11,14,30H2,1-2H3. The third-order valence-electron chi connectivity index (χ3n) is 7.92. The molecule has 1 heterocycles. The maximum Gasteiger partial charge on any atom is 0.573 e. The van der Waals surface area contributed by atoms with Crippen molar-refractivity contribution in [3.05, 3.63) is 65.5 Å². The molecular formula is C26H27F3N2O3. The monoisotopic (exact) mass is 472 g/mol. The van der Waals surface area contributed by atoms with Crippen molar-refractivity contribution in [1.29, 1.82) is 0 Å². The number of nitrogens with zero attached hydrogens (tertiary/aromatic N) is 1. The van der Waals surface area contributed by atoms with E-state index in [1.807, 2.05) is 24.3 Å². The fraction of sp³-hybridized carbons (Fsp3) is 0.423. The number of ether oxygens (including phenoxy) is 2. The summed E-state index contributed by atoms with van der Waals surface area (Å²) >= 11 is 0. The first kappa shape index (κ1) is 22.8. The Balaban J connectivity index is 1.61. The fourth-order valence-electron chi connectivity index (χ4n) is 6.23. The molecule has 1 saturated carbocycles. The van der Waals surface area contributed by atoms with E-state index in [1.165, 1.54) is 23.1 Å². The van der Waals surface area contributed by atoms with E-state index in [-0.39, 0.29) is 23.2 Å². The molecule has 3 aliphatic rings. The first-order chi connectivity index (χ1) is 16.1. The SMILES string of the molecule is COC1CCC2(CC1)Cc1ccc(-c3cccc(OC(F)(F)F)c3)cc1C21C=C(N)N(C)C1=O. The Labute approximate surface area is 196 Å². The van der Waals surface area contributed by atoms with Crippen molar-refractivity contribution in [2.24, 2.45) is 11.1 Å². The number of carbonyl (C=O) groups excluding carboxylic acids is 1. The van der Waals surface area contributed by atoms with Gasteiger partial charge in [-0.05, 0) is 84.0 Å². The highest BCUT2D eigenvalue weighted by Crippen LogP contribution is 2.62. The number of alkyl halides is 3. The van der Waals surface area contributed by atoms with Gasteiger partial charge in [0.1, 0.15) is 17.0 Å². The number of methoxy groups -OCH3 is 1. The van der Waals surface area contributed by atoms with Gasteiger partial charge in [-0.2, -0.15) is 0 Å². The number of benzene rings is 2. The van der Waals surface area contributed by atoms with Crippen LogP contribution in [0.3, 0.4) is 0 Å². The molecule has 0 saturated heterocycles. The fourth-order valence-corrected chi connectivity index (χ4v) is 6.23. The number of rotatable bonds is 3. The molecule has 5 rings (SSSR count). The zero-order chi connectivity index (χ0) is 24.3. The van der Waals surface area contributed by atoms with Crippen molar-refractivity contribution in [3.8, 4) is 16.9 Å². The summed E-state index contributed by atoms with van der Waals surface area (Å²) in [5.74, 6) is 0.0957. The predicted molar refractivity (Wildman–Crippen MR) is 121 cm³/mol. The van der Waals surface area contributed by atoms with Crippen molar-refractivity contribution < 1.29 is 27.4 Å². The zero-order valence-corrected chi connectivity index (χ0v) is 19.1. The number of hydrogen-bond acceptors (Lipinski definition) is 4. The largest absolute Gasteiger partial charge is 0.573 e. The summed E-state index contributed by atoms with van der Waals surface area (Å²) in [6.45, 7) is 0. The van der Waals surface area contributed by atoms with Gasteiger partial charge in [0, 0.05) is 14.2 Å². The van der Waals surface area contributed by atoms with Gasteiger partial charge >= 0.3 is 6.36 Å². The number of carbonyl (C=O) groups is 1. The molecule has 2 N–H and O–H groups in total. The number of likely N-dealkylation sites (N-methyl/N-ethyl adjacent to an activating group) is 1. The van der Waals surface area contributed by atoms with Crippen LogP contribution in [0, 0.1) is 5.41 Å². The van der Waals surface area contributed by atoms with Crippen molar-refractivity contribution >= 4 is 5.91 Å². The molecule has 0 bridgehead atoms. The first-order valence-electron chi connectivity index (χ1n) is 11.4. The lowest BCUT2D eigenvalue weighted by molar-refractivity contribution is -0.274. The molecule has 1 fully saturated rings. The predicted octanol–water partition coefficient (Wildman–Crippen LogP) is 4.89. The van der Waals surface area contributed by atoms with E-state index in [2.05, 4.69) is 4.74 Å². The number of amides is 1. The molecule has 180 valence electrons.